The lowest BCUT2D eigenvalue weighted by Crippen LogP contribution is -2.46. The molecule has 156 valence electrons. The molecular formula is C23H32N4OS. The quantitative estimate of drug-likeness (QED) is 0.369. The predicted octanol–water partition coefficient (Wildman–Crippen LogP) is 4.24. The number of aromatic nitrogens is 3. The van der Waals surface area contributed by atoms with E-state index >= 15 is 0 Å². The van der Waals surface area contributed by atoms with Gasteiger partial charge in [0.15, 0.2) is 5.16 Å². The highest BCUT2D eigenvalue weighted by Crippen LogP contribution is 2.35. The maximum atomic E-state index is 12.2. The zero-order chi connectivity index (χ0) is 20.2. The van der Waals surface area contributed by atoms with Gasteiger partial charge in [0.2, 0.25) is 0 Å². The average Bonchev–Trinajstić information content (AvgIpc) is 2.68. The van der Waals surface area contributed by atoms with Gasteiger partial charge in [-0.25, -0.2) is 9.97 Å². The monoisotopic (exact) mass is 412 g/mol. The summed E-state index contributed by atoms with van der Waals surface area (Å²) in [5.74, 6) is 2.10. The van der Waals surface area contributed by atoms with Crippen LogP contribution in [0.15, 0.2) is 34.2 Å². The topological polar surface area (TPSA) is 51.0 Å². The first kappa shape index (κ1) is 20.6. The summed E-state index contributed by atoms with van der Waals surface area (Å²) in [5.41, 5.74) is 3.54. The Morgan fingerprint density at radius 1 is 1.14 bits per heavy atom. The molecule has 29 heavy (non-hydrogen) atoms. The van der Waals surface area contributed by atoms with Gasteiger partial charge in [-0.05, 0) is 37.8 Å². The van der Waals surface area contributed by atoms with E-state index in [4.69, 9.17) is 4.98 Å². The highest BCUT2D eigenvalue weighted by molar-refractivity contribution is 7.99. The van der Waals surface area contributed by atoms with E-state index in [-0.39, 0.29) is 5.56 Å². The molecule has 2 bridgehead atoms. The summed E-state index contributed by atoms with van der Waals surface area (Å²) in [6.45, 7) is 8.08. The summed E-state index contributed by atoms with van der Waals surface area (Å²) >= 11 is 1.79. The van der Waals surface area contributed by atoms with Crippen molar-refractivity contribution in [3.63, 3.8) is 0 Å². The highest BCUT2D eigenvalue weighted by atomic mass is 32.2. The van der Waals surface area contributed by atoms with Crippen LogP contribution in [0.3, 0.4) is 0 Å². The average molecular weight is 413 g/mol. The smallest absolute Gasteiger partial charge is 0.250 e. The Morgan fingerprint density at radius 3 is 2.90 bits per heavy atom. The van der Waals surface area contributed by atoms with Gasteiger partial charge in [0.1, 0.15) is 0 Å². The second-order valence-corrected chi connectivity index (χ2v) is 9.65. The van der Waals surface area contributed by atoms with Crippen LogP contribution in [0.2, 0.25) is 0 Å². The molecule has 0 amide bonds. The van der Waals surface area contributed by atoms with Crippen molar-refractivity contribution in [1.29, 1.82) is 0 Å². The molecule has 2 aromatic rings. The summed E-state index contributed by atoms with van der Waals surface area (Å²) in [4.78, 5) is 24.2. The van der Waals surface area contributed by atoms with Crippen LogP contribution in [0.1, 0.15) is 62.0 Å². The zero-order valence-corrected chi connectivity index (χ0v) is 18.5. The molecule has 4 heterocycles. The Labute approximate surface area is 177 Å². The number of piperidine rings is 1. The third kappa shape index (κ3) is 5.10. The highest BCUT2D eigenvalue weighted by Gasteiger charge is 2.34. The van der Waals surface area contributed by atoms with Crippen molar-refractivity contribution in [2.24, 2.45) is 5.92 Å². The van der Waals surface area contributed by atoms with Crippen molar-refractivity contribution in [2.75, 3.05) is 18.8 Å². The van der Waals surface area contributed by atoms with Gasteiger partial charge in [-0.2, -0.15) is 0 Å². The molecule has 1 fully saturated rings. The van der Waals surface area contributed by atoms with Gasteiger partial charge in [0, 0.05) is 55.3 Å². The fraction of sp³-hybridized carbons (Fsp3) is 0.609. The first-order valence-electron chi connectivity index (χ1n) is 11.0. The third-order valence-corrected chi connectivity index (χ3v) is 6.99. The molecule has 0 spiro atoms. The fourth-order valence-electron chi connectivity index (χ4n) is 4.80. The van der Waals surface area contributed by atoms with E-state index in [1.807, 2.05) is 10.6 Å². The van der Waals surface area contributed by atoms with Gasteiger partial charge < -0.3 is 4.57 Å². The number of fused-ring (bicyclic) bond motifs is 4. The SMILES string of the molecule is CCCCCCSc1nc(C)cc(CN2C[C@@H]3C[C@@H](C2)c2cccc(=O)n2C3)n1. The summed E-state index contributed by atoms with van der Waals surface area (Å²) in [5, 5.41) is 0.922. The van der Waals surface area contributed by atoms with Gasteiger partial charge >= 0.3 is 0 Å². The number of unbranched alkanes of at least 4 members (excludes halogenated alkanes) is 3. The second kappa shape index (κ2) is 9.43. The Morgan fingerprint density at radius 2 is 2.03 bits per heavy atom. The van der Waals surface area contributed by atoms with Crippen LogP contribution in [-0.4, -0.2) is 38.3 Å². The van der Waals surface area contributed by atoms with Crippen molar-refractivity contribution < 1.29 is 0 Å². The molecule has 0 radical (unpaired) electrons. The first-order valence-corrected chi connectivity index (χ1v) is 12.0. The number of nitrogens with zero attached hydrogens (tertiary/aromatic N) is 4. The lowest BCUT2D eigenvalue weighted by atomic mass is 9.83. The minimum atomic E-state index is 0.151. The van der Waals surface area contributed by atoms with Crippen LogP contribution >= 0.6 is 11.8 Å². The minimum absolute atomic E-state index is 0.151. The zero-order valence-electron chi connectivity index (χ0n) is 17.6. The van der Waals surface area contributed by atoms with Gasteiger partial charge in [0.05, 0.1) is 5.69 Å². The lowest BCUT2D eigenvalue weighted by Gasteiger charge is -2.42. The van der Waals surface area contributed by atoms with Gasteiger partial charge in [0.25, 0.3) is 5.56 Å². The molecular weight excluding hydrogens is 380 g/mol. The summed E-state index contributed by atoms with van der Waals surface area (Å²) in [6, 6.07) is 7.86. The molecule has 0 aliphatic carbocycles. The number of thioether (sulfide) groups is 1. The van der Waals surface area contributed by atoms with E-state index in [0.29, 0.717) is 11.8 Å². The van der Waals surface area contributed by atoms with Gasteiger partial charge in [-0.3, -0.25) is 9.69 Å². The predicted molar refractivity (Wildman–Crippen MR) is 118 cm³/mol. The van der Waals surface area contributed by atoms with Crippen LogP contribution in [-0.2, 0) is 13.1 Å². The van der Waals surface area contributed by atoms with Crippen LogP contribution in [0.4, 0.5) is 0 Å². The van der Waals surface area contributed by atoms with Gasteiger partial charge in [-0.15, -0.1) is 0 Å². The molecule has 2 aromatic heterocycles. The fourth-order valence-corrected chi connectivity index (χ4v) is 5.72. The van der Waals surface area contributed by atoms with E-state index in [0.717, 1.165) is 48.5 Å². The lowest BCUT2D eigenvalue weighted by molar-refractivity contribution is 0.113. The number of aryl methyl sites for hydroxylation is 1. The van der Waals surface area contributed by atoms with Crippen LogP contribution < -0.4 is 5.56 Å². The number of rotatable bonds is 8. The molecule has 1 saturated heterocycles. The van der Waals surface area contributed by atoms with E-state index in [1.54, 1.807) is 17.8 Å². The second-order valence-electron chi connectivity index (χ2n) is 8.58. The van der Waals surface area contributed by atoms with E-state index in [9.17, 15) is 4.79 Å². The van der Waals surface area contributed by atoms with Crippen molar-refractivity contribution in [3.05, 3.63) is 51.7 Å². The van der Waals surface area contributed by atoms with Crippen molar-refractivity contribution >= 4 is 11.8 Å². The Kier molecular flexibility index (Phi) is 6.70. The van der Waals surface area contributed by atoms with E-state index < -0.39 is 0 Å². The van der Waals surface area contributed by atoms with Crippen molar-refractivity contribution in [3.8, 4) is 0 Å². The maximum Gasteiger partial charge on any atom is 0.250 e. The largest absolute Gasteiger partial charge is 0.312 e. The minimum Gasteiger partial charge on any atom is -0.312 e. The number of pyridine rings is 1. The van der Waals surface area contributed by atoms with Crippen LogP contribution in [0, 0.1) is 12.8 Å². The van der Waals surface area contributed by atoms with Crippen molar-refractivity contribution in [2.45, 2.75) is 70.1 Å². The first-order chi connectivity index (χ1) is 14.1. The standard InChI is InChI=1S/C23H32N4OS/c1-3-4-5-6-10-29-23-24-17(2)11-20(25-23)16-26-13-18-12-19(15-26)21-8-7-9-22(28)27(21)14-18/h7-9,11,18-19H,3-6,10,12-16H2,1-2H3/t18-,19-/m0/s1. The molecule has 5 nitrogen and oxygen atoms in total. The normalized spacial score (nSPS) is 21.2. The third-order valence-electron chi connectivity index (χ3n) is 6.06. The van der Waals surface area contributed by atoms with E-state index in [2.05, 4.69) is 35.9 Å². The maximum absolute atomic E-state index is 12.2. The van der Waals surface area contributed by atoms with Crippen LogP contribution in [0.5, 0.6) is 0 Å². The van der Waals surface area contributed by atoms with Crippen molar-refractivity contribution in [1.82, 2.24) is 19.4 Å². The molecule has 2 atom stereocenters. The molecule has 2 aliphatic rings. The summed E-state index contributed by atoms with van der Waals surface area (Å²) in [6.07, 6.45) is 6.31. The Bertz CT molecular complexity index is 897. The molecule has 2 aliphatic heterocycles. The molecule has 0 aromatic carbocycles. The molecule has 0 unspecified atom stereocenters. The van der Waals surface area contributed by atoms with E-state index in [1.165, 1.54) is 37.8 Å². The summed E-state index contributed by atoms with van der Waals surface area (Å²) in [7, 11) is 0. The van der Waals surface area contributed by atoms with Crippen LogP contribution in [0.25, 0.3) is 0 Å². The molecule has 6 heteroatoms. The summed E-state index contributed by atoms with van der Waals surface area (Å²) < 4.78 is 2.00. The van der Waals surface area contributed by atoms with Gasteiger partial charge in [-0.1, -0.05) is 44.0 Å². The molecule has 0 saturated carbocycles. The molecule has 0 N–H and O–H groups in total. The molecule has 4 rings (SSSR count). The number of hydrogen-bond acceptors (Lipinski definition) is 5. The number of likely N-dealkylation sites (tertiary alicyclic amines) is 1. The number of hydrogen-bond donors (Lipinski definition) is 0. The Balaban J connectivity index is 1.40. The Hall–Kier alpha value is -1.66.